The molecular weight excluding hydrogens is 324 g/mol. The summed E-state index contributed by atoms with van der Waals surface area (Å²) in [5.41, 5.74) is 0.390. The van der Waals surface area contributed by atoms with E-state index in [0.717, 1.165) is 0 Å². The van der Waals surface area contributed by atoms with Gasteiger partial charge in [-0.05, 0) is 19.1 Å². The molecule has 25 heavy (non-hydrogen) atoms. The minimum Gasteiger partial charge on any atom is -0.493 e. The molecule has 0 aliphatic carbocycles. The first-order chi connectivity index (χ1) is 12.1. The fraction of sp³-hybridized carbons (Fsp3) is 0.353. The number of anilines is 1. The Balaban J connectivity index is 1.85. The standard InChI is InChI=1S/C17H22N4O4/c1-3-25-14-7-5-4-6-13(14)17(23)18-12-16(22)19-15-8-9-21(20-15)10-11-24-2/h4-9H,3,10-12H2,1-2H3,(H,18,23)(H,19,20,22). The summed E-state index contributed by atoms with van der Waals surface area (Å²) in [5, 5.41) is 9.38. The lowest BCUT2D eigenvalue weighted by Gasteiger charge is -2.10. The van der Waals surface area contributed by atoms with Crippen LogP contribution in [0, 0.1) is 0 Å². The Morgan fingerprint density at radius 2 is 2.04 bits per heavy atom. The molecule has 0 radical (unpaired) electrons. The average Bonchev–Trinajstić information content (AvgIpc) is 3.06. The number of amides is 2. The molecule has 1 heterocycles. The summed E-state index contributed by atoms with van der Waals surface area (Å²) < 4.78 is 12.0. The highest BCUT2D eigenvalue weighted by atomic mass is 16.5. The first-order valence-corrected chi connectivity index (χ1v) is 7.96. The number of nitrogens with one attached hydrogen (secondary N) is 2. The van der Waals surface area contributed by atoms with Gasteiger partial charge in [0.1, 0.15) is 5.75 Å². The van der Waals surface area contributed by atoms with Gasteiger partial charge < -0.3 is 20.1 Å². The molecule has 0 bridgehead atoms. The predicted molar refractivity (Wildman–Crippen MR) is 92.7 cm³/mol. The Labute approximate surface area is 146 Å². The summed E-state index contributed by atoms with van der Waals surface area (Å²) in [6.45, 7) is 3.26. The second-order valence-electron chi connectivity index (χ2n) is 5.12. The fourth-order valence-electron chi connectivity index (χ4n) is 2.12. The van der Waals surface area contributed by atoms with Crippen LogP contribution >= 0.6 is 0 Å². The van der Waals surface area contributed by atoms with Crippen LogP contribution in [0.1, 0.15) is 17.3 Å². The lowest BCUT2D eigenvalue weighted by Crippen LogP contribution is -2.33. The van der Waals surface area contributed by atoms with Gasteiger partial charge in [-0.15, -0.1) is 0 Å². The number of nitrogens with zero attached hydrogens (tertiary/aromatic N) is 2. The first-order valence-electron chi connectivity index (χ1n) is 7.96. The van der Waals surface area contributed by atoms with E-state index in [1.807, 2.05) is 6.92 Å². The maximum absolute atomic E-state index is 12.2. The summed E-state index contributed by atoms with van der Waals surface area (Å²) in [4.78, 5) is 24.2. The van der Waals surface area contributed by atoms with E-state index in [1.54, 1.807) is 48.3 Å². The third kappa shape index (κ3) is 5.61. The van der Waals surface area contributed by atoms with Crippen molar-refractivity contribution in [3.63, 3.8) is 0 Å². The molecule has 1 aromatic heterocycles. The van der Waals surface area contributed by atoms with Gasteiger partial charge in [0.05, 0.1) is 31.9 Å². The first kappa shape index (κ1) is 18.5. The molecule has 0 aliphatic heterocycles. The Kier molecular flexibility index (Phi) is 6.97. The summed E-state index contributed by atoms with van der Waals surface area (Å²) in [7, 11) is 1.61. The molecule has 1 aromatic carbocycles. The van der Waals surface area contributed by atoms with Gasteiger partial charge in [0.15, 0.2) is 5.82 Å². The van der Waals surface area contributed by atoms with Crippen molar-refractivity contribution in [2.75, 3.05) is 32.2 Å². The zero-order valence-electron chi connectivity index (χ0n) is 14.3. The van der Waals surface area contributed by atoms with Crippen LogP contribution in [0.2, 0.25) is 0 Å². The second kappa shape index (κ2) is 9.43. The number of benzene rings is 1. The Hall–Kier alpha value is -2.87. The van der Waals surface area contributed by atoms with Crippen molar-refractivity contribution in [2.24, 2.45) is 0 Å². The molecule has 8 heteroatoms. The van der Waals surface area contributed by atoms with Gasteiger partial charge in [0.25, 0.3) is 5.91 Å². The summed E-state index contributed by atoms with van der Waals surface area (Å²) in [5.74, 6) is 0.175. The molecule has 2 N–H and O–H groups in total. The number of hydrogen-bond donors (Lipinski definition) is 2. The van der Waals surface area contributed by atoms with E-state index in [-0.39, 0.29) is 18.4 Å². The molecule has 8 nitrogen and oxygen atoms in total. The van der Waals surface area contributed by atoms with Gasteiger partial charge >= 0.3 is 0 Å². The van der Waals surface area contributed by atoms with Gasteiger partial charge in [0.2, 0.25) is 5.91 Å². The second-order valence-corrected chi connectivity index (χ2v) is 5.12. The van der Waals surface area contributed by atoms with Gasteiger partial charge in [0, 0.05) is 19.4 Å². The molecule has 0 atom stereocenters. The Bertz CT molecular complexity index is 714. The number of methoxy groups -OCH3 is 1. The molecule has 2 rings (SSSR count). The molecule has 0 saturated heterocycles. The SMILES string of the molecule is CCOc1ccccc1C(=O)NCC(=O)Nc1ccn(CCOC)n1. The fourth-order valence-corrected chi connectivity index (χ4v) is 2.12. The van der Waals surface area contributed by atoms with E-state index in [9.17, 15) is 9.59 Å². The van der Waals surface area contributed by atoms with Crippen molar-refractivity contribution in [3.8, 4) is 5.75 Å². The number of hydrogen-bond acceptors (Lipinski definition) is 5. The summed E-state index contributed by atoms with van der Waals surface area (Å²) in [6, 6.07) is 8.57. The van der Waals surface area contributed by atoms with E-state index >= 15 is 0 Å². The number of carbonyl (C=O) groups is 2. The number of para-hydroxylation sites is 1. The number of aromatic nitrogens is 2. The molecule has 0 spiro atoms. The highest BCUT2D eigenvalue weighted by molar-refractivity contribution is 6.00. The maximum atomic E-state index is 12.2. The van der Waals surface area contributed by atoms with E-state index in [4.69, 9.17) is 9.47 Å². The van der Waals surface area contributed by atoms with E-state index in [0.29, 0.717) is 36.9 Å². The third-order valence-corrected chi connectivity index (χ3v) is 3.27. The van der Waals surface area contributed by atoms with Crippen molar-refractivity contribution >= 4 is 17.6 Å². The predicted octanol–water partition coefficient (Wildman–Crippen LogP) is 1.30. The van der Waals surface area contributed by atoms with Gasteiger partial charge in [-0.25, -0.2) is 0 Å². The quantitative estimate of drug-likeness (QED) is 0.714. The Morgan fingerprint density at radius 1 is 1.24 bits per heavy atom. The smallest absolute Gasteiger partial charge is 0.255 e. The lowest BCUT2D eigenvalue weighted by molar-refractivity contribution is -0.115. The largest absolute Gasteiger partial charge is 0.493 e. The zero-order chi connectivity index (χ0) is 18.1. The van der Waals surface area contributed by atoms with Crippen molar-refractivity contribution in [1.82, 2.24) is 15.1 Å². The molecule has 2 amide bonds. The van der Waals surface area contributed by atoms with Crippen molar-refractivity contribution in [2.45, 2.75) is 13.5 Å². The summed E-state index contributed by atoms with van der Waals surface area (Å²) >= 11 is 0. The summed E-state index contributed by atoms with van der Waals surface area (Å²) in [6.07, 6.45) is 1.74. The minimum atomic E-state index is -0.371. The van der Waals surface area contributed by atoms with Crippen molar-refractivity contribution < 1.29 is 19.1 Å². The molecule has 0 unspecified atom stereocenters. The van der Waals surface area contributed by atoms with Gasteiger partial charge in [-0.3, -0.25) is 14.3 Å². The van der Waals surface area contributed by atoms with E-state index in [1.165, 1.54) is 0 Å². The molecule has 0 fully saturated rings. The van der Waals surface area contributed by atoms with Crippen LogP contribution in [0.5, 0.6) is 5.75 Å². The normalized spacial score (nSPS) is 10.3. The maximum Gasteiger partial charge on any atom is 0.255 e. The Morgan fingerprint density at radius 3 is 2.80 bits per heavy atom. The van der Waals surface area contributed by atoms with Crippen LogP contribution in [0.3, 0.4) is 0 Å². The van der Waals surface area contributed by atoms with E-state index in [2.05, 4.69) is 15.7 Å². The monoisotopic (exact) mass is 346 g/mol. The van der Waals surface area contributed by atoms with E-state index < -0.39 is 0 Å². The third-order valence-electron chi connectivity index (χ3n) is 3.27. The molecular formula is C17H22N4O4. The number of rotatable bonds is 9. The molecule has 0 saturated carbocycles. The van der Waals surface area contributed by atoms with Crippen LogP contribution in [0.25, 0.3) is 0 Å². The number of carbonyl (C=O) groups excluding carboxylic acids is 2. The number of ether oxygens (including phenoxy) is 2. The van der Waals surface area contributed by atoms with Crippen molar-refractivity contribution in [1.29, 1.82) is 0 Å². The molecule has 0 aliphatic rings. The molecule has 134 valence electrons. The van der Waals surface area contributed by atoms with Gasteiger partial charge in [-0.2, -0.15) is 5.10 Å². The van der Waals surface area contributed by atoms with Crippen LogP contribution in [-0.2, 0) is 16.1 Å². The molecule has 2 aromatic rings. The lowest BCUT2D eigenvalue weighted by atomic mass is 10.2. The zero-order valence-corrected chi connectivity index (χ0v) is 14.3. The topological polar surface area (TPSA) is 94.5 Å². The highest BCUT2D eigenvalue weighted by Crippen LogP contribution is 2.17. The van der Waals surface area contributed by atoms with Crippen molar-refractivity contribution in [3.05, 3.63) is 42.1 Å². The van der Waals surface area contributed by atoms with Crippen LogP contribution in [0.4, 0.5) is 5.82 Å². The van der Waals surface area contributed by atoms with Gasteiger partial charge in [-0.1, -0.05) is 12.1 Å². The van der Waals surface area contributed by atoms with Crippen LogP contribution in [0.15, 0.2) is 36.5 Å². The minimum absolute atomic E-state index is 0.162. The average molecular weight is 346 g/mol. The highest BCUT2D eigenvalue weighted by Gasteiger charge is 2.13. The van der Waals surface area contributed by atoms with Crippen LogP contribution in [-0.4, -0.2) is 48.5 Å². The van der Waals surface area contributed by atoms with Crippen LogP contribution < -0.4 is 15.4 Å².